The molecule has 0 radical (unpaired) electrons. The molecule has 3 heteroatoms. The molecule has 1 aliphatic heterocycles. The van der Waals surface area contributed by atoms with E-state index in [1.807, 2.05) is 29.2 Å². The van der Waals surface area contributed by atoms with Crippen LogP contribution in [0, 0.1) is 11.3 Å². The van der Waals surface area contributed by atoms with Crippen molar-refractivity contribution in [2.24, 2.45) is 11.3 Å². The Balaban J connectivity index is 1.86. The number of hydrogen-bond acceptors (Lipinski definition) is 2. The number of nitrogens with zero attached hydrogens (tertiary/aromatic N) is 1. The Hall–Kier alpha value is -1.51. The van der Waals surface area contributed by atoms with E-state index >= 15 is 0 Å². The highest BCUT2D eigenvalue weighted by atomic mass is 16.5. The van der Waals surface area contributed by atoms with E-state index in [1.54, 1.807) is 7.11 Å². The number of carbonyl (C=O) groups is 1. The zero-order valence-corrected chi connectivity index (χ0v) is 13.1. The van der Waals surface area contributed by atoms with Gasteiger partial charge in [-0.05, 0) is 43.0 Å². The van der Waals surface area contributed by atoms with Gasteiger partial charge in [0, 0.05) is 12.2 Å². The van der Waals surface area contributed by atoms with Gasteiger partial charge in [-0.1, -0.05) is 32.6 Å². The van der Waals surface area contributed by atoms with Gasteiger partial charge < -0.3 is 9.64 Å². The van der Waals surface area contributed by atoms with E-state index < -0.39 is 0 Å². The summed E-state index contributed by atoms with van der Waals surface area (Å²) in [6.45, 7) is 3.11. The Morgan fingerprint density at radius 3 is 2.29 bits per heavy atom. The zero-order valence-electron chi connectivity index (χ0n) is 13.1. The molecule has 1 saturated carbocycles. The lowest BCUT2D eigenvalue weighted by molar-refractivity contribution is -0.127. The minimum atomic E-state index is -0.101. The van der Waals surface area contributed by atoms with Crippen molar-refractivity contribution in [2.45, 2.75) is 45.4 Å². The first-order valence-electron chi connectivity index (χ1n) is 8.13. The van der Waals surface area contributed by atoms with Gasteiger partial charge in [0.2, 0.25) is 5.91 Å². The summed E-state index contributed by atoms with van der Waals surface area (Å²) in [5.74, 6) is 1.63. The van der Waals surface area contributed by atoms with E-state index in [2.05, 4.69) is 6.92 Å². The predicted octanol–water partition coefficient (Wildman–Crippen LogP) is 4.02. The molecule has 1 unspecified atom stereocenters. The molecular weight excluding hydrogens is 262 g/mol. The fourth-order valence-corrected chi connectivity index (χ4v) is 4.06. The van der Waals surface area contributed by atoms with Crippen LogP contribution < -0.4 is 9.64 Å². The molecule has 3 nitrogen and oxygen atoms in total. The number of amides is 1. The number of carbonyl (C=O) groups excluding carboxylic acids is 1. The molecule has 1 amide bonds. The summed E-state index contributed by atoms with van der Waals surface area (Å²) in [6, 6.07) is 7.87. The van der Waals surface area contributed by atoms with Gasteiger partial charge in [-0.25, -0.2) is 0 Å². The van der Waals surface area contributed by atoms with Crippen LogP contribution in [0.15, 0.2) is 24.3 Å². The highest BCUT2D eigenvalue weighted by molar-refractivity contribution is 6.00. The third kappa shape index (κ3) is 2.43. The molecule has 1 spiro atoms. The summed E-state index contributed by atoms with van der Waals surface area (Å²) >= 11 is 0. The molecule has 1 saturated heterocycles. The van der Waals surface area contributed by atoms with Crippen LogP contribution in [0.2, 0.25) is 0 Å². The second-order valence-electron chi connectivity index (χ2n) is 6.59. The third-order valence-electron chi connectivity index (χ3n) is 5.45. The summed E-state index contributed by atoms with van der Waals surface area (Å²) in [5, 5.41) is 0. The standard InChI is InChI=1S/C18H25NO2/c1-14-13-19(15-7-9-16(21-2)10-8-15)17(20)18(14)11-5-3-4-6-12-18/h7-10,14H,3-6,11-13H2,1-2H3. The van der Waals surface area contributed by atoms with Gasteiger partial charge in [-0.15, -0.1) is 0 Å². The van der Waals surface area contributed by atoms with E-state index in [0.29, 0.717) is 11.8 Å². The van der Waals surface area contributed by atoms with Crippen LogP contribution in [0.3, 0.4) is 0 Å². The number of methoxy groups -OCH3 is 1. The topological polar surface area (TPSA) is 29.5 Å². The lowest BCUT2D eigenvalue weighted by Gasteiger charge is -2.29. The predicted molar refractivity (Wildman–Crippen MR) is 84.6 cm³/mol. The first kappa shape index (κ1) is 14.4. The molecule has 1 aliphatic carbocycles. The Labute approximate surface area is 127 Å². The maximum atomic E-state index is 13.1. The zero-order chi connectivity index (χ0) is 14.9. The van der Waals surface area contributed by atoms with Crippen molar-refractivity contribution >= 4 is 11.6 Å². The van der Waals surface area contributed by atoms with E-state index in [-0.39, 0.29) is 5.41 Å². The average Bonchev–Trinajstić information content (AvgIpc) is 2.71. The van der Waals surface area contributed by atoms with E-state index in [4.69, 9.17) is 4.74 Å². The highest BCUT2D eigenvalue weighted by Crippen LogP contribution is 2.48. The SMILES string of the molecule is COc1ccc(N2CC(C)C3(CCCCCC3)C2=O)cc1. The van der Waals surface area contributed by atoms with Crippen molar-refractivity contribution in [1.29, 1.82) is 0 Å². The fraction of sp³-hybridized carbons (Fsp3) is 0.611. The monoisotopic (exact) mass is 287 g/mol. The summed E-state index contributed by atoms with van der Waals surface area (Å²) in [7, 11) is 1.67. The minimum Gasteiger partial charge on any atom is -0.497 e. The molecule has 2 aliphatic rings. The molecular formula is C18H25NO2. The van der Waals surface area contributed by atoms with Gasteiger partial charge in [-0.2, -0.15) is 0 Å². The van der Waals surface area contributed by atoms with Crippen molar-refractivity contribution in [2.75, 3.05) is 18.6 Å². The lowest BCUT2D eigenvalue weighted by Crippen LogP contribution is -2.36. The Bertz CT molecular complexity index is 500. The van der Waals surface area contributed by atoms with Gasteiger partial charge >= 0.3 is 0 Å². The first-order chi connectivity index (χ1) is 10.2. The average molecular weight is 287 g/mol. The summed E-state index contributed by atoms with van der Waals surface area (Å²) in [5.41, 5.74) is 0.907. The number of benzene rings is 1. The van der Waals surface area contributed by atoms with Crippen LogP contribution in [0.25, 0.3) is 0 Å². The van der Waals surface area contributed by atoms with E-state index in [9.17, 15) is 4.79 Å². The Morgan fingerprint density at radius 2 is 1.71 bits per heavy atom. The molecule has 0 N–H and O–H groups in total. The molecule has 21 heavy (non-hydrogen) atoms. The van der Waals surface area contributed by atoms with Crippen LogP contribution in [0.5, 0.6) is 5.75 Å². The molecule has 1 aromatic carbocycles. The van der Waals surface area contributed by atoms with Crippen LogP contribution in [0.1, 0.15) is 45.4 Å². The van der Waals surface area contributed by atoms with Crippen molar-refractivity contribution < 1.29 is 9.53 Å². The molecule has 2 fully saturated rings. The van der Waals surface area contributed by atoms with Crippen molar-refractivity contribution in [3.8, 4) is 5.75 Å². The van der Waals surface area contributed by atoms with Crippen LogP contribution >= 0.6 is 0 Å². The molecule has 1 atom stereocenters. The fourth-order valence-electron chi connectivity index (χ4n) is 4.06. The highest BCUT2D eigenvalue weighted by Gasteiger charge is 2.51. The largest absolute Gasteiger partial charge is 0.497 e. The van der Waals surface area contributed by atoms with E-state index in [1.165, 1.54) is 25.7 Å². The molecule has 1 aromatic rings. The number of anilines is 1. The van der Waals surface area contributed by atoms with Gasteiger partial charge in [0.1, 0.15) is 5.75 Å². The summed E-state index contributed by atoms with van der Waals surface area (Å²) in [6.07, 6.45) is 7.10. The lowest BCUT2D eigenvalue weighted by atomic mass is 9.72. The van der Waals surface area contributed by atoms with Crippen molar-refractivity contribution in [1.82, 2.24) is 0 Å². The van der Waals surface area contributed by atoms with Crippen molar-refractivity contribution in [3.05, 3.63) is 24.3 Å². The van der Waals surface area contributed by atoms with Crippen LogP contribution in [-0.4, -0.2) is 19.6 Å². The van der Waals surface area contributed by atoms with E-state index in [0.717, 1.165) is 30.8 Å². The maximum Gasteiger partial charge on any atom is 0.233 e. The number of rotatable bonds is 2. The minimum absolute atomic E-state index is 0.101. The maximum absolute atomic E-state index is 13.1. The molecule has 3 rings (SSSR count). The van der Waals surface area contributed by atoms with Crippen molar-refractivity contribution in [3.63, 3.8) is 0 Å². The number of ether oxygens (including phenoxy) is 1. The van der Waals surface area contributed by atoms with Gasteiger partial charge in [0.25, 0.3) is 0 Å². The Kier molecular flexibility index (Phi) is 3.92. The van der Waals surface area contributed by atoms with Crippen LogP contribution in [0.4, 0.5) is 5.69 Å². The first-order valence-corrected chi connectivity index (χ1v) is 8.13. The normalized spacial score (nSPS) is 25.1. The molecule has 1 heterocycles. The second-order valence-corrected chi connectivity index (χ2v) is 6.59. The summed E-state index contributed by atoms with van der Waals surface area (Å²) in [4.78, 5) is 15.1. The third-order valence-corrected chi connectivity index (χ3v) is 5.45. The van der Waals surface area contributed by atoms with Gasteiger partial charge in [0.05, 0.1) is 12.5 Å². The van der Waals surface area contributed by atoms with Crippen LogP contribution in [-0.2, 0) is 4.79 Å². The molecule has 0 aromatic heterocycles. The quantitative estimate of drug-likeness (QED) is 0.822. The molecule has 114 valence electrons. The van der Waals surface area contributed by atoms with Gasteiger partial charge in [0.15, 0.2) is 0 Å². The summed E-state index contributed by atoms with van der Waals surface area (Å²) < 4.78 is 5.20. The smallest absolute Gasteiger partial charge is 0.233 e. The Morgan fingerprint density at radius 1 is 1.10 bits per heavy atom. The molecule has 0 bridgehead atoms. The second kappa shape index (κ2) is 5.70. The van der Waals surface area contributed by atoms with Gasteiger partial charge in [-0.3, -0.25) is 4.79 Å². The number of hydrogen-bond donors (Lipinski definition) is 0.